The van der Waals surface area contributed by atoms with Crippen molar-refractivity contribution in [2.24, 2.45) is 5.92 Å². The number of nitrogens with zero attached hydrogens (tertiary/aromatic N) is 3. The van der Waals surface area contributed by atoms with Gasteiger partial charge in [-0.15, -0.1) is 0 Å². The van der Waals surface area contributed by atoms with Crippen molar-refractivity contribution in [2.45, 2.75) is 84.0 Å². The number of aliphatic hydroxyl groups is 1. The molecule has 0 aliphatic carbocycles. The Kier molecular flexibility index (Phi) is 12.8. The van der Waals surface area contributed by atoms with Gasteiger partial charge in [0.1, 0.15) is 17.1 Å². The lowest BCUT2D eigenvalue weighted by atomic mass is 10.0. The van der Waals surface area contributed by atoms with Crippen molar-refractivity contribution in [3.63, 3.8) is 0 Å². The number of aliphatic hydroxyl groups excluding tert-OH is 1. The second kappa shape index (κ2) is 16.6. The summed E-state index contributed by atoms with van der Waals surface area (Å²) in [6.07, 6.45) is 1.42. The van der Waals surface area contributed by atoms with Crippen LogP contribution in [0.3, 0.4) is 0 Å². The number of aryl methyl sites for hydroxylation is 3. The van der Waals surface area contributed by atoms with E-state index in [4.69, 9.17) is 14.0 Å². The van der Waals surface area contributed by atoms with Gasteiger partial charge in [0, 0.05) is 38.3 Å². The van der Waals surface area contributed by atoms with Crippen LogP contribution in [0, 0.1) is 26.7 Å². The molecule has 13 nitrogen and oxygen atoms in total. The van der Waals surface area contributed by atoms with E-state index < -0.39 is 34.1 Å². The summed E-state index contributed by atoms with van der Waals surface area (Å²) in [5.41, 5.74) is 2.50. The van der Waals surface area contributed by atoms with E-state index in [9.17, 15) is 23.1 Å². The highest BCUT2D eigenvalue weighted by molar-refractivity contribution is 7.89. The first kappa shape index (κ1) is 37.8. The average Bonchev–Trinajstić information content (AvgIpc) is 3.38. The Labute approximate surface area is 289 Å². The quantitative estimate of drug-likeness (QED) is 0.281. The average molecular weight is 700 g/mol. The molecule has 49 heavy (non-hydrogen) atoms. The first-order valence-corrected chi connectivity index (χ1v) is 18.0. The summed E-state index contributed by atoms with van der Waals surface area (Å²) in [6.45, 7) is 11.2. The van der Waals surface area contributed by atoms with Crippen molar-refractivity contribution in [2.75, 3.05) is 44.0 Å². The highest BCUT2D eigenvalue weighted by Gasteiger charge is 2.32. The molecule has 4 atom stereocenters. The number of anilines is 2. The minimum absolute atomic E-state index is 0.0668. The molecular weight excluding hydrogens is 650 g/mol. The van der Waals surface area contributed by atoms with Crippen LogP contribution in [0.4, 0.5) is 16.2 Å². The van der Waals surface area contributed by atoms with Gasteiger partial charge in [0.2, 0.25) is 10.0 Å². The Morgan fingerprint density at radius 2 is 1.82 bits per heavy atom. The van der Waals surface area contributed by atoms with E-state index in [0.29, 0.717) is 41.6 Å². The maximum Gasteiger partial charge on any atom is 0.323 e. The molecule has 1 aliphatic rings. The highest BCUT2D eigenvalue weighted by Crippen LogP contribution is 2.29. The minimum Gasteiger partial charge on any atom is -0.490 e. The van der Waals surface area contributed by atoms with E-state index in [0.717, 1.165) is 18.4 Å². The zero-order valence-corrected chi connectivity index (χ0v) is 30.2. The molecule has 1 aliphatic heterocycles. The van der Waals surface area contributed by atoms with E-state index in [-0.39, 0.29) is 42.2 Å². The Balaban J connectivity index is 1.63. The summed E-state index contributed by atoms with van der Waals surface area (Å²) in [6, 6.07) is 10.4. The summed E-state index contributed by atoms with van der Waals surface area (Å²) in [7, 11) is -2.27. The fourth-order valence-corrected chi connectivity index (χ4v) is 6.83. The molecule has 3 N–H and O–H groups in total. The van der Waals surface area contributed by atoms with Crippen LogP contribution >= 0.6 is 0 Å². The normalized spacial score (nSPS) is 20.2. The molecule has 14 heteroatoms. The molecule has 0 fully saturated rings. The molecular formula is C35H49N5O8S. The SMILES string of the molecule is Cc1ccc(S(=O)(=O)N(C)C[C@@H]2OCCCC[C@H](C)Oc3ccc(NC(=O)Nc4c(C)noc4C)cc3C(=O)N([C@H](C)CO)C[C@H]2C)cc1. The third-order valence-corrected chi connectivity index (χ3v) is 10.6. The van der Waals surface area contributed by atoms with Crippen LogP contribution in [0.1, 0.15) is 67.4 Å². The number of carbonyl (C=O) groups excluding carboxylic acids is 2. The van der Waals surface area contributed by atoms with Gasteiger partial charge in [0.25, 0.3) is 5.91 Å². The van der Waals surface area contributed by atoms with Crippen LogP contribution in [0.2, 0.25) is 0 Å². The van der Waals surface area contributed by atoms with Gasteiger partial charge in [-0.25, -0.2) is 13.2 Å². The van der Waals surface area contributed by atoms with Gasteiger partial charge in [-0.1, -0.05) is 29.8 Å². The van der Waals surface area contributed by atoms with E-state index in [1.54, 1.807) is 68.1 Å². The van der Waals surface area contributed by atoms with Crippen molar-refractivity contribution in [1.29, 1.82) is 0 Å². The highest BCUT2D eigenvalue weighted by atomic mass is 32.2. The predicted molar refractivity (Wildman–Crippen MR) is 186 cm³/mol. The lowest BCUT2D eigenvalue weighted by molar-refractivity contribution is -0.00833. The number of urea groups is 1. The molecule has 1 aromatic heterocycles. The maximum absolute atomic E-state index is 14.4. The van der Waals surface area contributed by atoms with Gasteiger partial charge in [0.15, 0.2) is 5.76 Å². The number of fused-ring (bicyclic) bond motifs is 1. The van der Waals surface area contributed by atoms with Gasteiger partial charge in [-0.3, -0.25) is 4.79 Å². The van der Waals surface area contributed by atoms with Crippen LogP contribution < -0.4 is 15.4 Å². The molecule has 0 bridgehead atoms. The molecule has 4 rings (SSSR count). The largest absolute Gasteiger partial charge is 0.490 e. The molecule has 0 spiro atoms. The summed E-state index contributed by atoms with van der Waals surface area (Å²) in [5, 5.41) is 19.6. The number of aromatic nitrogens is 1. The molecule has 268 valence electrons. The number of nitrogens with one attached hydrogen (secondary N) is 2. The monoisotopic (exact) mass is 699 g/mol. The van der Waals surface area contributed by atoms with Gasteiger partial charge >= 0.3 is 6.03 Å². The lowest BCUT2D eigenvalue weighted by Gasteiger charge is -2.35. The number of amides is 3. The second-order valence-corrected chi connectivity index (χ2v) is 14.9. The number of carbonyl (C=O) groups is 2. The molecule has 2 heterocycles. The van der Waals surface area contributed by atoms with E-state index in [1.807, 2.05) is 20.8 Å². The van der Waals surface area contributed by atoms with Crippen LogP contribution in [0.15, 0.2) is 51.9 Å². The van der Waals surface area contributed by atoms with Crippen molar-refractivity contribution < 1.29 is 37.1 Å². The number of hydrogen-bond acceptors (Lipinski definition) is 9. The molecule has 0 saturated carbocycles. The van der Waals surface area contributed by atoms with Gasteiger partial charge in [-0.2, -0.15) is 4.31 Å². The number of ether oxygens (including phenoxy) is 2. The van der Waals surface area contributed by atoms with Gasteiger partial charge < -0.3 is 34.6 Å². The Hall–Kier alpha value is -3.98. The Morgan fingerprint density at radius 3 is 2.47 bits per heavy atom. The number of rotatable bonds is 8. The number of likely N-dealkylation sites (N-methyl/N-ethyl adjacent to an activating group) is 1. The van der Waals surface area contributed by atoms with Crippen molar-refractivity contribution >= 4 is 33.3 Å². The van der Waals surface area contributed by atoms with Crippen LogP contribution in [-0.4, -0.2) is 91.4 Å². The summed E-state index contributed by atoms with van der Waals surface area (Å²) < 4.78 is 46.0. The third kappa shape index (κ3) is 9.59. The molecule has 0 radical (unpaired) electrons. The van der Waals surface area contributed by atoms with Gasteiger partial charge in [-0.05, 0) is 84.2 Å². The van der Waals surface area contributed by atoms with Crippen LogP contribution in [-0.2, 0) is 14.8 Å². The fourth-order valence-electron chi connectivity index (χ4n) is 5.64. The molecule has 3 aromatic rings. The van der Waals surface area contributed by atoms with Crippen molar-refractivity contribution in [1.82, 2.24) is 14.4 Å². The van der Waals surface area contributed by atoms with Crippen molar-refractivity contribution in [3.05, 3.63) is 65.0 Å². The summed E-state index contributed by atoms with van der Waals surface area (Å²) in [5.74, 6) is 0.0629. The summed E-state index contributed by atoms with van der Waals surface area (Å²) in [4.78, 5) is 29.0. The number of sulfonamides is 1. The first-order chi connectivity index (χ1) is 23.2. The van der Waals surface area contributed by atoms with Crippen molar-refractivity contribution in [3.8, 4) is 5.75 Å². The Bertz CT molecular complexity index is 1670. The smallest absolute Gasteiger partial charge is 0.323 e. The van der Waals surface area contributed by atoms with E-state index in [2.05, 4.69) is 15.8 Å². The predicted octanol–water partition coefficient (Wildman–Crippen LogP) is 5.36. The first-order valence-electron chi connectivity index (χ1n) is 16.6. The van der Waals surface area contributed by atoms with E-state index >= 15 is 0 Å². The Morgan fingerprint density at radius 1 is 1.10 bits per heavy atom. The standard InChI is InChI=1S/C35H49N5O8S/c1-22-11-14-29(15-12-22)49(44,45)39(7)20-32-23(2)19-40(24(3)21-41)34(42)30-18-28(36-35(43)37-33-26(5)38-48-27(33)6)13-16-31(30)47-25(4)10-8-9-17-46-32/h11-16,18,23-25,32,41H,8-10,17,19-21H2,1-7H3,(H2,36,37,43)/t23-,24-,25+,32+/m1/s1. The van der Waals surface area contributed by atoms with Crippen LogP contribution in [0.5, 0.6) is 5.75 Å². The molecule has 3 amide bonds. The number of benzene rings is 2. The zero-order valence-electron chi connectivity index (χ0n) is 29.4. The molecule has 0 saturated heterocycles. The lowest BCUT2D eigenvalue weighted by Crippen LogP contribution is -2.48. The second-order valence-electron chi connectivity index (χ2n) is 12.9. The van der Waals surface area contributed by atoms with Gasteiger partial charge in [0.05, 0.1) is 35.3 Å². The topological polar surface area (TPSA) is 164 Å². The molecule has 0 unspecified atom stereocenters. The third-order valence-electron chi connectivity index (χ3n) is 8.75. The fraction of sp³-hybridized carbons (Fsp3) is 0.514. The van der Waals surface area contributed by atoms with E-state index in [1.165, 1.54) is 11.4 Å². The maximum atomic E-state index is 14.4. The minimum atomic E-state index is -3.80. The summed E-state index contributed by atoms with van der Waals surface area (Å²) >= 11 is 0. The number of hydrogen-bond donors (Lipinski definition) is 3. The molecule has 2 aromatic carbocycles. The van der Waals surface area contributed by atoms with Crippen LogP contribution in [0.25, 0.3) is 0 Å². The zero-order chi connectivity index (χ0) is 35.9.